The maximum atomic E-state index is 11.9. The molecule has 2 N–H and O–H groups in total. The highest BCUT2D eigenvalue weighted by Crippen LogP contribution is 2.32. The van der Waals surface area contributed by atoms with E-state index in [1.165, 1.54) is 0 Å². The Labute approximate surface area is 118 Å². The number of nitrogens with zero attached hydrogens (tertiary/aromatic N) is 3. The SMILES string of the molecule is N#Cc1c(-c2n[nH]c(COC(F)F)c2Cl)n[nH]c1Br. The Morgan fingerprint density at radius 3 is 2.68 bits per heavy atom. The molecular weight excluding hydrogens is 347 g/mol. The Bertz CT molecular complexity index is 635. The summed E-state index contributed by atoms with van der Waals surface area (Å²) >= 11 is 9.09. The highest BCUT2D eigenvalue weighted by Gasteiger charge is 2.21. The number of alkyl halides is 2. The van der Waals surface area contributed by atoms with Gasteiger partial charge in [-0.2, -0.15) is 24.2 Å². The number of nitriles is 1. The number of hydrogen-bond donors (Lipinski definition) is 2. The van der Waals surface area contributed by atoms with Crippen LogP contribution in [0.1, 0.15) is 11.3 Å². The minimum absolute atomic E-state index is 0.0798. The van der Waals surface area contributed by atoms with Crippen molar-refractivity contribution in [2.24, 2.45) is 0 Å². The lowest BCUT2D eigenvalue weighted by Crippen LogP contribution is -1.99. The van der Waals surface area contributed by atoms with Crippen LogP contribution in [-0.4, -0.2) is 27.0 Å². The number of nitrogens with one attached hydrogen (secondary N) is 2. The van der Waals surface area contributed by atoms with E-state index in [0.29, 0.717) is 4.60 Å². The maximum Gasteiger partial charge on any atom is 0.345 e. The van der Waals surface area contributed by atoms with Crippen LogP contribution in [0.3, 0.4) is 0 Å². The van der Waals surface area contributed by atoms with Gasteiger partial charge >= 0.3 is 6.61 Å². The Morgan fingerprint density at radius 2 is 2.05 bits per heavy atom. The summed E-state index contributed by atoms with van der Waals surface area (Å²) in [5, 5.41) is 21.8. The van der Waals surface area contributed by atoms with Gasteiger partial charge in [0.25, 0.3) is 0 Å². The van der Waals surface area contributed by atoms with Crippen molar-refractivity contribution in [2.75, 3.05) is 0 Å². The van der Waals surface area contributed by atoms with Crippen LogP contribution in [0.4, 0.5) is 8.78 Å². The van der Waals surface area contributed by atoms with Gasteiger partial charge in [-0.1, -0.05) is 11.6 Å². The van der Waals surface area contributed by atoms with Crippen molar-refractivity contribution in [3.8, 4) is 17.5 Å². The smallest absolute Gasteiger partial charge is 0.316 e. The standard InChI is InChI=1S/C9H5BrClF2N5O/c10-8-3(1-14)6(16-18-8)7-5(11)4(15-17-7)2-19-9(12)13/h9H,2H2,(H,15,17)(H,16,18). The number of aromatic amines is 2. The molecule has 10 heteroatoms. The lowest BCUT2D eigenvalue weighted by molar-refractivity contribution is -0.137. The van der Waals surface area contributed by atoms with E-state index in [0.717, 1.165) is 0 Å². The molecule has 0 aliphatic carbocycles. The zero-order chi connectivity index (χ0) is 14.0. The van der Waals surface area contributed by atoms with Gasteiger partial charge in [-0.15, -0.1) is 0 Å². The van der Waals surface area contributed by atoms with Gasteiger partial charge in [0.1, 0.15) is 27.6 Å². The molecule has 0 spiro atoms. The fourth-order valence-corrected chi connectivity index (χ4v) is 1.95. The summed E-state index contributed by atoms with van der Waals surface area (Å²) in [5.41, 5.74) is 0.807. The minimum atomic E-state index is -2.91. The van der Waals surface area contributed by atoms with Crippen LogP contribution in [-0.2, 0) is 11.3 Å². The summed E-state index contributed by atoms with van der Waals surface area (Å²) in [5.74, 6) is 0. The van der Waals surface area contributed by atoms with E-state index in [4.69, 9.17) is 16.9 Å². The molecule has 0 aromatic carbocycles. The molecule has 0 atom stereocenters. The quantitative estimate of drug-likeness (QED) is 0.885. The molecule has 0 saturated heterocycles. The van der Waals surface area contributed by atoms with Crippen LogP contribution < -0.4 is 0 Å². The average Bonchev–Trinajstić information content (AvgIpc) is 2.90. The largest absolute Gasteiger partial charge is 0.345 e. The number of hydrogen-bond acceptors (Lipinski definition) is 4. The number of aromatic nitrogens is 4. The molecule has 0 unspecified atom stereocenters. The third kappa shape index (κ3) is 2.75. The fourth-order valence-electron chi connectivity index (χ4n) is 1.36. The van der Waals surface area contributed by atoms with Gasteiger partial charge in [0.05, 0.1) is 17.3 Å². The van der Waals surface area contributed by atoms with Gasteiger partial charge in [0.2, 0.25) is 0 Å². The predicted molar refractivity (Wildman–Crippen MR) is 64.4 cm³/mol. The second-order valence-electron chi connectivity index (χ2n) is 3.31. The normalized spacial score (nSPS) is 10.9. The van der Waals surface area contributed by atoms with Crippen molar-refractivity contribution in [2.45, 2.75) is 13.2 Å². The predicted octanol–water partition coefficient (Wildman–Crippen LogP) is 2.83. The van der Waals surface area contributed by atoms with Crippen LogP contribution >= 0.6 is 27.5 Å². The number of halogens is 4. The van der Waals surface area contributed by atoms with Gasteiger partial charge in [0.15, 0.2) is 0 Å². The number of rotatable bonds is 4. The monoisotopic (exact) mass is 351 g/mol. The highest BCUT2D eigenvalue weighted by atomic mass is 79.9. The summed E-state index contributed by atoms with van der Waals surface area (Å²) in [6, 6.07) is 1.92. The van der Waals surface area contributed by atoms with Crippen LogP contribution in [0.25, 0.3) is 11.4 Å². The second kappa shape index (κ2) is 5.64. The van der Waals surface area contributed by atoms with Crippen LogP contribution in [0.5, 0.6) is 0 Å². The van der Waals surface area contributed by atoms with Gasteiger partial charge in [0, 0.05) is 0 Å². The maximum absolute atomic E-state index is 11.9. The molecule has 2 aromatic rings. The van der Waals surface area contributed by atoms with E-state index in [1.54, 1.807) is 0 Å². The molecule has 0 saturated carbocycles. The van der Waals surface area contributed by atoms with E-state index >= 15 is 0 Å². The Morgan fingerprint density at radius 1 is 1.37 bits per heavy atom. The van der Waals surface area contributed by atoms with E-state index < -0.39 is 13.2 Å². The number of H-pyrrole nitrogens is 2. The van der Waals surface area contributed by atoms with Crippen molar-refractivity contribution in [3.63, 3.8) is 0 Å². The second-order valence-corrected chi connectivity index (χ2v) is 4.48. The molecule has 2 aromatic heterocycles. The lowest BCUT2D eigenvalue weighted by atomic mass is 10.2. The van der Waals surface area contributed by atoms with Gasteiger partial charge in [-0.05, 0) is 15.9 Å². The summed E-state index contributed by atoms with van der Waals surface area (Å²) < 4.78 is 28.4. The lowest BCUT2D eigenvalue weighted by Gasteiger charge is -2.00. The molecule has 0 amide bonds. The van der Waals surface area contributed by atoms with Crippen LogP contribution in [0.2, 0.25) is 5.02 Å². The van der Waals surface area contributed by atoms with Gasteiger partial charge in [-0.25, -0.2) is 0 Å². The van der Waals surface area contributed by atoms with Crippen molar-refractivity contribution in [1.82, 2.24) is 20.4 Å². The molecule has 19 heavy (non-hydrogen) atoms. The van der Waals surface area contributed by atoms with Crippen LogP contribution in [0, 0.1) is 11.3 Å². The Hall–Kier alpha value is -1.50. The average molecular weight is 353 g/mol. The first-order chi connectivity index (χ1) is 9.04. The molecule has 100 valence electrons. The third-order valence-electron chi connectivity index (χ3n) is 2.19. The summed E-state index contributed by atoms with van der Waals surface area (Å²) in [7, 11) is 0. The van der Waals surface area contributed by atoms with Crippen molar-refractivity contribution in [3.05, 3.63) is 20.9 Å². The number of ether oxygens (including phenoxy) is 1. The zero-order valence-electron chi connectivity index (χ0n) is 9.05. The molecule has 0 bridgehead atoms. The molecule has 0 aliphatic rings. The first-order valence-electron chi connectivity index (χ1n) is 4.81. The summed E-state index contributed by atoms with van der Waals surface area (Å²) in [6.45, 7) is -3.33. The Balaban J connectivity index is 2.34. The van der Waals surface area contributed by atoms with Gasteiger partial charge in [-0.3, -0.25) is 10.2 Å². The first kappa shape index (κ1) is 13.9. The molecule has 0 fully saturated rings. The van der Waals surface area contributed by atoms with E-state index in [-0.39, 0.29) is 27.7 Å². The van der Waals surface area contributed by atoms with E-state index in [2.05, 4.69) is 41.1 Å². The van der Waals surface area contributed by atoms with E-state index in [9.17, 15) is 8.78 Å². The molecule has 0 aliphatic heterocycles. The molecule has 2 heterocycles. The van der Waals surface area contributed by atoms with Gasteiger partial charge < -0.3 is 4.74 Å². The minimum Gasteiger partial charge on any atom is -0.316 e. The van der Waals surface area contributed by atoms with Crippen molar-refractivity contribution in [1.29, 1.82) is 5.26 Å². The van der Waals surface area contributed by atoms with Crippen LogP contribution in [0.15, 0.2) is 4.60 Å². The fraction of sp³-hybridized carbons (Fsp3) is 0.222. The highest BCUT2D eigenvalue weighted by molar-refractivity contribution is 9.10. The summed E-state index contributed by atoms with van der Waals surface area (Å²) in [6.07, 6.45) is 0. The molecular formula is C9H5BrClF2N5O. The molecule has 2 rings (SSSR count). The topological polar surface area (TPSA) is 90.4 Å². The van der Waals surface area contributed by atoms with Crippen molar-refractivity contribution >= 4 is 27.5 Å². The Kier molecular flexibility index (Phi) is 4.14. The third-order valence-corrected chi connectivity index (χ3v) is 3.17. The zero-order valence-corrected chi connectivity index (χ0v) is 11.4. The van der Waals surface area contributed by atoms with E-state index in [1.807, 2.05) is 6.07 Å². The molecule has 0 radical (unpaired) electrons. The molecule has 6 nitrogen and oxygen atoms in total. The first-order valence-corrected chi connectivity index (χ1v) is 5.98. The van der Waals surface area contributed by atoms with Crippen molar-refractivity contribution < 1.29 is 13.5 Å². The summed E-state index contributed by atoms with van der Waals surface area (Å²) in [4.78, 5) is 0.